The number of β-lactam (4-membered cyclic amide) rings is 1. The van der Waals surface area contributed by atoms with Crippen LogP contribution in [0.4, 0.5) is 4.79 Å². The number of nitrogens with zero attached hydrogens (tertiary/aromatic N) is 3. The van der Waals surface area contributed by atoms with E-state index in [1.54, 1.807) is 23.6 Å². The van der Waals surface area contributed by atoms with Crippen LogP contribution in [0.2, 0.25) is 0 Å². The fourth-order valence-corrected chi connectivity index (χ4v) is 7.41. The lowest BCUT2D eigenvalue weighted by atomic mass is 9.97. The van der Waals surface area contributed by atoms with E-state index in [1.165, 1.54) is 54.2 Å². The van der Waals surface area contributed by atoms with Crippen molar-refractivity contribution in [3.8, 4) is 0 Å². The van der Waals surface area contributed by atoms with Gasteiger partial charge in [-0.05, 0) is 29.5 Å². The van der Waals surface area contributed by atoms with E-state index in [1.807, 2.05) is 6.92 Å². The number of amides is 4. The van der Waals surface area contributed by atoms with Gasteiger partial charge in [-0.15, -0.1) is 23.1 Å². The maximum Gasteiger partial charge on any atom is 0.352 e. The average molecular weight is 609 g/mol. The molecular formula is C24H28N6O7S3. The molecule has 4 rings (SSSR count). The fraction of sp³-hybridized carbons (Fsp3) is 0.417. The second-order valence-electron chi connectivity index (χ2n) is 8.76. The van der Waals surface area contributed by atoms with Gasteiger partial charge in [0.15, 0.2) is 5.03 Å². The van der Waals surface area contributed by atoms with Crippen molar-refractivity contribution in [2.45, 2.75) is 41.9 Å². The maximum absolute atomic E-state index is 13.5. The van der Waals surface area contributed by atoms with Gasteiger partial charge in [-0.1, -0.05) is 36.0 Å². The second-order valence-corrected chi connectivity index (χ2v) is 11.8. The molecular weight excluding hydrogens is 581 g/mol. The normalized spacial score (nSPS) is 20.8. The Balaban J connectivity index is 1.52. The molecule has 13 nitrogen and oxygen atoms in total. The predicted molar refractivity (Wildman–Crippen MR) is 148 cm³/mol. The number of thiophene rings is 1. The lowest BCUT2D eigenvalue weighted by Crippen LogP contribution is -2.81. The summed E-state index contributed by atoms with van der Waals surface area (Å²) in [7, 11) is 1.26. The third kappa shape index (κ3) is 6.04. The quantitative estimate of drug-likeness (QED) is 0.0688. The second kappa shape index (κ2) is 12.9. The van der Waals surface area contributed by atoms with Gasteiger partial charge in [0.1, 0.15) is 17.1 Å². The largest absolute Gasteiger partial charge is 0.594 e. The number of methoxy groups -OCH3 is 1. The van der Waals surface area contributed by atoms with Crippen LogP contribution in [-0.2, 0) is 19.1 Å². The average Bonchev–Trinajstić information content (AvgIpc) is 3.47. The number of hydrogen-bond donors (Lipinski definition) is 4. The van der Waals surface area contributed by atoms with Crippen molar-refractivity contribution in [3.05, 3.63) is 57.2 Å². The smallest absolute Gasteiger partial charge is 0.352 e. The number of hydrogen-bond acceptors (Lipinski definition) is 10. The van der Waals surface area contributed by atoms with Crippen LogP contribution in [0.3, 0.4) is 0 Å². The number of carboxylic acids is 1. The van der Waals surface area contributed by atoms with Crippen molar-refractivity contribution in [2.75, 3.05) is 25.2 Å². The molecule has 2 aliphatic rings. The van der Waals surface area contributed by atoms with Crippen LogP contribution in [0.5, 0.6) is 0 Å². The molecule has 4 amide bonds. The Labute approximate surface area is 242 Å². The zero-order valence-corrected chi connectivity index (χ0v) is 24.1. The van der Waals surface area contributed by atoms with E-state index >= 15 is 0 Å². The maximum atomic E-state index is 13.5. The van der Waals surface area contributed by atoms with Crippen LogP contribution >= 0.6 is 34.9 Å². The Morgan fingerprint density at radius 1 is 1.38 bits per heavy atom. The van der Waals surface area contributed by atoms with Crippen molar-refractivity contribution in [2.24, 2.45) is 0 Å². The molecule has 4 N–H and O–H groups in total. The van der Waals surface area contributed by atoms with E-state index in [-0.39, 0.29) is 17.2 Å². The summed E-state index contributed by atoms with van der Waals surface area (Å²) in [4.78, 5) is 53.8. The Bertz CT molecular complexity index is 1310. The SMILES string of the molecule is CCCCNC(=O)NC(C(=O)N[C@@]1(OC)C(=O)N2C(C(=O)O)=C(CSc3ccc[n+]([O-])n3)CSC21)c1cccs1. The number of carbonyl (C=O) groups is 4. The third-order valence-corrected chi connectivity index (χ3v) is 9.49. The van der Waals surface area contributed by atoms with Gasteiger partial charge in [-0.3, -0.25) is 14.5 Å². The minimum atomic E-state index is -1.83. The summed E-state index contributed by atoms with van der Waals surface area (Å²) in [5, 5.41) is 34.6. The fourth-order valence-electron chi connectivity index (χ4n) is 4.19. The lowest BCUT2D eigenvalue weighted by molar-refractivity contribution is -0.672. The van der Waals surface area contributed by atoms with Gasteiger partial charge in [0.25, 0.3) is 17.5 Å². The van der Waals surface area contributed by atoms with E-state index in [2.05, 4.69) is 21.0 Å². The summed E-state index contributed by atoms with van der Waals surface area (Å²) in [6.45, 7) is 2.43. The molecule has 2 aromatic rings. The number of aliphatic carboxylic acids is 1. The number of ether oxygens (including phenoxy) is 1. The summed E-state index contributed by atoms with van der Waals surface area (Å²) in [6.07, 6.45) is 2.90. The molecule has 1 fully saturated rings. The van der Waals surface area contributed by atoms with Gasteiger partial charge in [-0.25, -0.2) is 9.59 Å². The van der Waals surface area contributed by atoms with Crippen LogP contribution in [-0.4, -0.2) is 75.2 Å². The zero-order valence-electron chi connectivity index (χ0n) is 21.6. The summed E-state index contributed by atoms with van der Waals surface area (Å²) in [6, 6.07) is 4.95. The van der Waals surface area contributed by atoms with E-state index in [0.717, 1.165) is 17.7 Å². The molecule has 3 atom stereocenters. The lowest BCUT2D eigenvalue weighted by Gasteiger charge is -2.56. The Morgan fingerprint density at radius 3 is 2.83 bits per heavy atom. The van der Waals surface area contributed by atoms with Crippen LogP contribution in [0.15, 0.2) is 52.1 Å². The van der Waals surface area contributed by atoms with Gasteiger partial charge in [0.05, 0.1) is 0 Å². The third-order valence-electron chi connectivity index (χ3n) is 6.17. The first-order valence-corrected chi connectivity index (χ1v) is 15.2. The molecule has 40 heavy (non-hydrogen) atoms. The predicted octanol–water partition coefficient (Wildman–Crippen LogP) is 1.42. The van der Waals surface area contributed by atoms with E-state index in [4.69, 9.17) is 4.74 Å². The van der Waals surface area contributed by atoms with Gasteiger partial charge in [-0.2, -0.15) is 0 Å². The minimum absolute atomic E-state index is 0.187. The number of rotatable bonds is 12. The molecule has 16 heteroatoms. The molecule has 0 aromatic carbocycles. The van der Waals surface area contributed by atoms with Crippen LogP contribution in [0.25, 0.3) is 0 Å². The Morgan fingerprint density at radius 2 is 2.17 bits per heavy atom. The van der Waals surface area contributed by atoms with Crippen LogP contribution < -0.4 is 20.8 Å². The van der Waals surface area contributed by atoms with Crippen molar-refractivity contribution >= 4 is 58.7 Å². The Kier molecular flexibility index (Phi) is 9.55. The highest BCUT2D eigenvalue weighted by Gasteiger charge is 2.67. The molecule has 214 valence electrons. The summed E-state index contributed by atoms with van der Waals surface area (Å²) >= 11 is 3.68. The number of nitrogens with one attached hydrogen (secondary N) is 3. The molecule has 1 saturated heterocycles. The molecule has 0 spiro atoms. The number of thioether (sulfide) groups is 2. The van der Waals surface area contributed by atoms with Crippen molar-refractivity contribution < 1.29 is 33.9 Å². The number of urea groups is 1. The monoisotopic (exact) mass is 608 g/mol. The molecule has 2 unspecified atom stereocenters. The highest BCUT2D eigenvalue weighted by molar-refractivity contribution is 8.01. The summed E-state index contributed by atoms with van der Waals surface area (Å²) in [5.41, 5.74) is -1.56. The van der Waals surface area contributed by atoms with Crippen molar-refractivity contribution in [1.29, 1.82) is 0 Å². The zero-order chi connectivity index (χ0) is 28.9. The minimum Gasteiger partial charge on any atom is -0.594 e. The first kappa shape index (κ1) is 29.6. The van der Waals surface area contributed by atoms with E-state index < -0.39 is 41.0 Å². The number of carbonyl (C=O) groups excluding carboxylic acids is 3. The van der Waals surface area contributed by atoms with Gasteiger partial charge in [0.2, 0.25) is 6.20 Å². The van der Waals surface area contributed by atoms with Crippen molar-refractivity contribution in [3.63, 3.8) is 0 Å². The molecule has 0 radical (unpaired) electrons. The number of carboxylic acid groups (broad SMARTS) is 1. The number of unbranched alkanes of at least 4 members (excludes halogenated alkanes) is 1. The van der Waals surface area contributed by atoms with Crippen molar-refractivity contribution in [1.82, 2.24) is 25.9 Å². The highest BCUT2D eigenvalue weighted by atomic mass is 32.2. The topological polar surface area (TPSA) is 177 Å². The first-order chi connectivity index (χ1) is 19.2. The molecule has 0 aliphatic carbocycles. The van der Waals surface area contributed by atoms with Crippen LogP contribution in [0, 0.1) is 5.21 Å². The molecule has 2 aromatic heterocycles. The van der Waals surface area contributed by atoms with Gasteiger partial charge in [0, 0.05) is 41.2 Å². The summed E-state index contributed by atoms with van der Waals surface area (Å²) < 4.78 is 5.55. The molecule has 0 bridgehead atoms. The highest BCUT2D eigenvalue weighted by Crippen LogP contribution is 2.47. The number of fused-ring (bicyclic) bond motifs is 1. The Hall–Kier alpha value is -3.34. The number of aromatic nitrogens is 2. The summed E-state index contributed by atoms with van der Waals surface area (Å²) in [5.74, 6) is -2.29. The molecule has 4 heterocycles. The first-order valence-electron chi connectivity index (χ1n) is 12.3. The standard InChI is InChI=1S/C24H28N6O7S3/c1-3-4-9-25-23(35)26-17(15-7-6-11-38-15)19(31)27-24(37-2)21(34)30-18(20(32)33)14(13-40-22(24)30)12-39-16-8-5-10-29(36)28-16/h5-8,10-11,17,22H,3-4,9,12-13H2,1-2H3,(H,27,31)(H,32,33)(H2,25,26,35)/t17?,22?,24-/m1/s1. The molecule has 0 saturated carbocycles. The molecule has 2 aliphatic heterocycles. The van der Waals surface area contributed by atoms with Crippen LogP contribution in [0.1, 0.15) is 30.7 Å². The van der Waals surface area contributed by atoms with Gasteiger partial charge >= 0.3 is 12.0 Å². The van der Waals surface area contributed by atoms with Gasteiger partial charge < -0.3 is 31.0 Å². The van der Waals surface area contributed by atoms with E-state index in [9.17, 15) is 29.5 Å². The van der Waals surface area contributed by atoms with E-state index in [0.29, 0.717) is 26.9 Å².